The molecule has 0 aromatic heterocycles. The summed E-state index contributed by atoms with van der Waals surface area (Å²) in [5.74, 6) is 0.770. The third-order valence-electron chi connectivity index (χ3n) is 5.60. The van der Waals surface area contributed by atoms with Crippen LogP contribution in [0.25, 0.3) is 0 Å². The van der Waals surface area contributed by atoms with Gasteiger partial charge < -0.3 is 14.9 Å². The van der Waals surface area contributed by atoms with Gasteiger partial charge in [-0.25, -0.2) is 0 Å². The van der Waals surface area contributed by atoms with Gasteiger partial charge in [0.15, 0.2) is 11.5 Å². The fourth-order valence-corrected chi connectivity index (χ4v) is 4.39. The number of benzene rings is 1. The number of aromatic hydroxyl groups is 1. The van der Waals surface area contributed by atoms with E-state index in [2.05, 4.69) is 9.80 Å². The van der Waals surface area contributed by atoms with E-state index in [-0.39, 0.29) is 12.4 Å². The van der Waals surface area contributed by atoms with Crippen molar-refractivity contribution in [2.75, 3.05) is 32.8 Å². The maximum absolute atomic E-state index is 9.87. The van der Waals surface area contributed by atoms with Crippen molar-refractivity contribution in [3.63, 3.8) is 0 Å². The number of phenols is 1. The molecule has 1 aromatic rings. The highest BCUT2D eigenvalue weighted by Gasteiger charge is 2.32. The molecule has 2 aliphatic rings. The molecular formula is C20H32N2O3. The molecule has 0 spiro atoms. The molecule has 1 atom stereocenters. The lowest BCUT2D eigenvalue weighted by molar-refractivity contribution is 0.0267. The first-order valence-electron chi connectivity index (χ1n) is 9.75. The average Bonchev–Trinajstić information content (AvgIpc) is 3.13. The maximum Gasteiger partial charge on any atom is 0.161 e. The van der Waals surface area contributed by atoms with Crippen molar-refractivity contribution in [2.24, 2.45) is 0 Å². The Balaban J connectivity index is 1.63. The van der Waals surface area contributed by atoms with Crippen molar-refractivity contribution in [3.8, 4) is 11.5 Å². The Bertz CT molecular complexity index is 546. The third kappa shape index (κ3) is 4.66. The number of hydrogen-bond donors (Lipinski definition) is 2. The number of phenolic OH excluding ortho intramolecular Hbond substituents is 1. The van der Waals surface area contributed by atoms with Gasteiger partial charge in [0.1, 0.15) is 0 Å². The van der Waals surface area contributed by atoms with Crippen LogP contribution in [0.15, 0.2) is 18.2 Å². The number of hydrogen-bond acceptors (Lipinski definition) is 5. The van der Waals surface area contributed by atoms with E-state index in [4.69, 9.17) is 4.74 Å². The van der Waals surface area contributed by atoms with Crippen LogP contribution >= 0.6 is 0 Å². The summed E-state index contributed by atoms with van der Waals surface area (Å²) < 4.78 is 5.50. The molecule has 0 bridgehead atoms. The van der Waals surface area contributed by atoms with Gasteiger partial charge in [-0.05, 0) is 43.9 Å². The minimum atomic E-state index is 0.204. The first-order valence-corrected chi connectivity index (χ1v) is 9.75. The molecule has 3 rings (SSSR count). The molecular weight excluding hydrogens is 316 g/mol. The van der Waals surface area contributed by atoms with Crippen LogP contribution in [-0.4, -0.2) is 64.9 Å². The molecule has 25 heavy (non-hydrogen) atoms. The molecule has 0 unspecified atom stereocenters. The van der Waals surface area contributed by atoms with Crippen molar-refractivity contribution in [3.05, 3.63) is 23.8 Å². The zero-order valence-electron chi connectivity index (χ0n) is 15.4. The third-order valence-corrected chi connectivity index (χ3v) is 5.60. The van der Waals surface area contributed by atoms with Crippen LogP contribution in [-0.2, 0) is 6.54 Å². The number of ether oxygens (including phenoxy) is 1. The lowest BCUT2D eigenvalue weighted by atomic mass is 10.0. The summed E-state index contributed by atoms with van der Waals surface area (Å²) in [5.41, 5.74) is 1.17. The molecule has 1 heterocycles. The fraction of sp³-hybridized carbons (Fsp3) is 0.700. The Labute approximate surface area is 151 Å². The molecule has 0 amide bonds. The summed E-state index contributed by atoms with van der Waals surface area (Å²) in [6.07, 6.45) is 6.19. The quantitative estimate of drug-likeness (QED) is 0.793. The highest BCUT2D eigenvalue weighted by Crippen LogP contribution is 2.30. The SMILES string of the molecule is CCOc1cc(CN2CCN(C3CCCC3)[C@H](CCO)C2)ccc1O. The first kappa shape index (κ1) is 18.5. The molecule has 1 saturated heterocycles. The van der Waals surface area contributed by atoms with Crippen LogP contribution in [0.3, 0.4) is 0 Å². The molecule has 0 radical (unpaired) electrons. The number of piperazine rings is 1. The summed E-state index contributed by atoms with van der Waals surface area (Å²) in [6.45, 7) is 6.75. The normalized spacial score (nSPS) is 23.2. The van der Waals surface area contributed by atoms with Gasteiger partial charge >= 0.3 is 0 Å². The van der Waals surface area contributed by atoms with Crippen LogP contribution < -0.4 is 4.74 Å². The summed E-state index contributed by atoms with van der Waals surface area (Å²) in [5, 5.41) is 19.4. The van der Waals surface area contributed by atoms with Gasteiger partial charge in [0, 0.05) is 44.9 Å². The molecule has 2 fully saturated rings. The van der Waals surface area contributed by atoms with E-state index >= 15 is 0 Å². The molecule has 5 nitrogen and oxygen atoms in total. The largest absolute Gasteiger partial charge is 0.504 e. The second kappa shape index (κ2) is 8.88. The Morgan fingerprint density at radius 1 is 1.20 bits per heavy atom. The van der Waals surface area contributed by atoms with Gasteiger partial charge in [-0.1, -0.05) is 18.9 Å². The van der Waals surface area contributed by atoms with Gasteiger partial charge in [0.05, 0.1) is 6.61 Å². The van der Waals surface area contributed by atoms with Gasteiger partial charge in [-0.3, -0.25) is 9.80 Å². The Hall–Kier alpha value is -1.30. The van der Waals surface area contributed by atoms with E-state index in [1.54, 1.807) is 6.07 Å². The van der Waals surface area contributed by atoms with E-state index in [9.17, 15) is 10.2 Å². The number of nitrogens with zero attached hydrogens (tertiary/aromatic N) is 2. The Kier molecular flexibility index (Phi) is 6.57. The van der Waals surface area contributed by atoms with Crippen LogP contribution in [0.4, 0.5) is 0 Å². The van der Waals surface area contributed by atoms with Crippen LogP contribution in [0, 0.1) is 0 Å². The van der Waals surface area contributed by atoms with Crippen LogP contribution in [0.5, 0.6) is 11.5 Å². The molecule has 1 aliphatic carbocycles. The smallest absolute Gasteiger partial charge is 0.161 e. The summed E-state index contributed by atoms with van der Waals surface area (Å²) >= 11 is 0. The van der Waals surface area contributed by atoms with E-state index in [0.29, 0.717) is 18.4 Å². The number of rotatable bonds is 7. The molecule has 1 aromatic carbocycles. The van der Waals surface area contributed by atoms with Crippen LogP contribution in [0.2, 0.25) is 0 Å². The highest BCUT2D eigenvalue weighted by molar-refractivity contribution is 5.41. The van der Waals surface area contributed by atoms with Gasteiger partial charge in [0.2, 0.25) is 0 Å². The summed E-state index contributed by atoms with van der Waals surface area (Å²) in [7, 11) is 0. The Morgan fingerprint density at radius 2 is 2.00 bits per heavy atom. The standard InChI is InChI=1S/C20H32N2O3/c1-2-25-20-13-16(7-8-19(20)24)14-21-10-11-22(17-5-3-4-6-17)18(15-21)9-12-23/h7-8,13,17-18,23-24H,2-6,9-12,14-15H2,1H3/t18-/m1/s1. The monoisotopic (exact) mass is 348 g/mol. The van der Waals surface area contributed by atoms with E-state index < -0.39 is 0 Å². The minimum Gasteiger partial charge on any atom is -0.504 e. The van der Waals surface area contributed by atoms with Gasteiger partial charge in [-0.2, -0.15) is 0 Å². The molecule has 1 aliphatic heterocycles. The van der Waals surface area contributed by atoms with Crippen molar-refractivity contribution < 1.29 is 14.9 Å². The van der Waals surface area contributed by atoms with E-state index in [0.717, 1.165) is 38.6 Å². The Morgan fingerprint density at radius 3 is 2.72 bits per heavy atom. The van der Waals surface area contributed by atoms with Gasteiger partial charge in [-0.15, -0.1) is 0 Å². The molecule has 5 heteroatoms. The van der Waals surface area contributed by atoms with Crippen molar-refractivity contribution >= 4 is 0 Å². The first-order chi connectivity index (χ1) is 12.2. The topological polar surface area (TPSA) is 56.2 Å². The fourth-order valence-electron chi connectivity index (χ4n) is 4.39. The van der Waals surface area contributed by atoms with E-state index in [1.807, 2.05) is 19.1 Å². The molecule has 140 valence electrons. The van der Waals surface area contributed by atoms with Crippen LogP contribution in [0.1, 0.15) is 44.6 Å². The minimum absolute atomic E-state index is 0.204. The van der Waals surface area contributed by atoms with Crippen molar-refractivity contribution in [1.29, 1.82) is 0 Å². The molecule has 1 saturated carbocycles. The molecule has 2 N–H and O–H groups in total. The zero-order chi connectivity index (χ0) is 17.6. The highest BCUT2D eigenvalue weighted by atomic mass is 16.5. The zero-order valence-corrected chi connectivity index (χ0v) is 15.4. The predicted octanol–water partition coefficient (Wildman–Crippen LogP) is 2.60. The summed E-state index contributed by atoms with van der Waals surface area (Å²) in [4.78, 5) is 5.12. The number of aliphatic hydroxyl groups excluding tert-OH is 1. The van der Waals surface area contributed by atoms with Crippen molar-refractivity contribution in [1.82, 2.24) is 9.80 Å². The lowest BCUT2D eigenvalue weighted by Crippen LogP contribution is -2.55. The van der Waals surface area contributed by atoms with E-state index in [1.165, 1.54) is 31.2 Å². The second-order valence-electron chi connectivity index (χ2n) is 7.31. The maximum atomic E-state index is 9.87. The number of aliphatic hydroxyl groups is 1. The lowest BCUT2D eigenvalue weighted by Gasteiger charge is -2.44. The second-order valence-corrected chi connectivity index (χ2v) is 7.31. The summed E-state index contributed by atoms with van der Waals surface area (Å²) in [6, 6.07) is 6.81. The average molecular weight is 348 g/mol. The van der Waals surface area contributed by atoms with Gasteiger partial charge in [0.25, 0.3) is 0 Å². The van der Waals surface area contributed by atoms with Crippen molar-refractivity contribution in [2.45, 2.75) is 57.7 Å². The predicted molar refractivity (Wildman–Crippen MR) is 99.0 cm³/mol.